The maximum atomic E-state index is 17.5. The molecule has 0 heterocycles. The van der Waals surface area contributed by atoms with Gasteiger partial charge in [-0.1, -0.05) is 57.6 Å². The zero-order valence-corrected chi connectivity index (χ0v) is 36.0. The Bertz CT molecular complexity index is 2090. The van der Waals surface area contributed by atoms with Crippen molar-refractivity contribution in [2.24, 2.45) is 62.9 Å². The molecule has 6 N–H and O–H groups in total. The molecule has 0 radical (unpaired) electrons. The van der Waals surface area contributed by atoms with E-state index >= 15 is 4.39 Å². The number of aliphatic hydroxyl groups excluding tert-OH is 2. The highest BCUT2D eigenvalue weighted by molar-refractivity contribution is 6.02. The summed E-state index contributed by atoms with van der Waals surface area (Å²) in [5.41, 5.74) is -2.06. The quantitative estimate of drug-likeness (QED) is 0.154. The molecule has 6 unspecified atom stereocenters. The fourth-order valence-electron chi connectivity index (χ4n) is 15.0. The van der Waals surface area contributed by atoms with Gasteiger partial charge in [0.15, 0.2) is 23.8 Å². The van der Waals surface area contributed by atoms with Crippen molar-refractivity contribution in [3.05, 3.63) is 59.9 Å². The number of ether oxygens (including phenoxy) is 2. The molecule has 0 saturated heterocycles. The van der Waals surface area contributed by atoms with E-state index in [0.29, 0.717) is 37.7 Å². The van der Waals surface area contributed by atoms with E-state index in [1.807, 2.05) is 13.0 Å². The first-order valence-electron chi connectivity index (χ1n) is 22.1. The van der Waals surface area contributed by atoms with Crippen LogP contribution in [0.3, 0.4) is 0 Å². The zero-order chi connectivity index (χ0) is 44.5. The van der Waals surface area contributed by atoms with E-state index in [1.165, 1.54) is 12.2 Å². The van der Waals surface area contributed by atoms with Gasteiger partial charge in [-0.25, -0.2) is 4.39 Å². The summed E-state index contributed by atoms with van der Waals surface area (Å²) in [7, 11) is 0. The highest BCUT2D eigenvalue weighted by Crippen LogP contribution is 2.71. The third-order valence-corrected chi connectivity index (χ3v) is 18.3. The van der Waals surface area contributed by atoms with Crippen molar-refractivity contribution in [3.8, 4) is 0 Å². The summed E-state index contributed by atoms with van der Waals surface area (Å²) in [4.78, 5) is 65.3. The van der Waals surface area contributed by atoms with Gasteiger partial charge in [-0.15, -0.1) is 0 Å². The first-order chi connectivity index (χ1) is 28.4. The summed E-state index contributed by atoms with van der Waals surface area (Å²) < 4.78 is 28.6. The molecule has 8 aliphatic carbocycles. The van der Waals surface area contributed by atoms with E-state index in [2.05, 4.69) is 13.5 Å². The third-order valence-electron chi connectivity index (χ3n) is 18.3. The Morgan fingerprint density at radius 3 is 2.21 bits per heavy atom. The van der Waals surface area contributed by atoms with Crippen molar-refractivity contribution in [2.45, 2.75) is 134 Å². The summed E-state index contributed by atoms with van der Waals surface area (Å²) in [6.45, 7) is 11.5. The molecule has 0 aromatic rings. The summed E-state index contributed by atoms with van der Waals surface area (Å²) in [5, 5.41) is 47.6. The Morgan fingerprint density at radius 1 is 0.869 bits per heavy atom. The molecule has 16 atom stereocenters. The predicted molar refractivity (Wildman–Crippen MR) is 219 cm³/mol. The average molecular weight is 848 g/mol. The van der Waals surface area contributed by atoms with Gasteiger partial charge in [0.1, 0.15) is 23.9 Å². The van der Waals surface area contributed by atoms with Gasteiger partial charge in [-0.2, -0.15) is 0 Å². The van der Waals surface area contributed by atoms with Crippen LogP contribution >= 0.6 is 0 Å². The minimum atomic E-state index is -2.13. The minimum absolute atomic E-state index is 0.0185. The van der Waals surface area contributed by atoms with Crippen molar-refractivity contribution in [3.63, 3.8) is 0 Å². The number of esters is 1. The van der Waals surface area contributed by atoms with Crippen molar-refractivity contribution in [1.29, 1.82) is 0 Å². The number of aliphatic hydroxyl groups is 4. The number of fused-ring (bicyclic) bond motifs is 10. The van der Waals surface area contributed by atoms with Crippen LogP contribution in [0.5, 0.6) is 0 Å². The molecular weight excluding hydrogens is 786 g/mol. The molecule has 8 aliphatic rings. The monoisotopic (exact) mass is 847 g/mol. The van der Waals surface area contributed by atoms with Crippen molar-refractivity contribution in [2.75, 3.05) is 13.2 Å². The second-order valence-electron chi connectivity index (χ2n) is 20.9. The maximum Gasteiger partial charge on any atom is 0.323 e. The Kier molecular flexibility index (Phi) is 10.4. The van der Waals surface area contributed by atoms with Crippen LogP contribution in [-0.2, 0) is 33.4 Å². The number of carbonyl (C=O) groups is 5. The minimum Gasteiger partial charge on any atom is -0.491 e. The molecule has 0 bridgehead atoms. The number of nitrogens with two attached hydrogens (primary N) is 1. The molecule has 61 heavy (non-hydrogen) atoms. The van der Waals surface area contributed by atoms with E-state index in [-0.39, 0.29) is 60.8 Å². The summed E-state index contributed by atoms with van der Waals surface area (Å²) in [5.74, 6) is -4.65. The summed E-state index contributed by atoms with van der Waals surface area (Å²) in [6.07, 6.45) is 10.1. The van der Waals surface area contributed by atoms with Crippen LogP contribution in [0.15, 0.2) is 59.9 Å². The van der Waals surface area contributed by atoms with Gasteiger partial charge in [0, 0.05) is 39.9 Å². The maximum absolute atomic E-state index is 17.5. The molecule has 0 aliphatic heterocycles. The molecule has 0 amide bonds. The normalized spacial score (nSPS) is 47.3. The number of Topliss-reactive ketones (excluding diaryl/α,β-unsaturated/α-hetero) is 2. The Hall–Kier alpha value is -3.62. The van der Waals surface area contributed by atoms with Crippen LogP contribution in [0.25, 0.3) is 0 Å². The van der Waals surface area contributed by atoms with Gasteiger partial charge in [-0.3, -0.25) is 24.0 Å². The molecule has 6 saturated carbocycles. The molecular formula is C48H62FNO11. The molecule has 0 aromatic heterocycles. The largest absolute Gasteiger partial charge is 0.491 e. The van der Waals surface area contributed by atoms with Crippen molar-refractivity contribution >= 4 is 29.1 Å². The Labute approximate surface area is 356 Å². The van der Waals surface area contributed by atoms with E-state index in [4.69, 9.17) is 15.2 Å². The lowest BCUT2D eigenvalue weighted by molar-refractivity contribution is -0.220. The SMILES string of the molecule is C=C(C[C@@H](N)C(=O)OCC(=O)[C@@]1(O)[C@H](C)CC2C3CCC4=CC(=O)C=C[C@]4(C)[C@@]3(F)[C@@H](O)C[C@@]21C)OCC(=O)[C@@]1(O)CCC2C3CCC4=CC(=O)C=C[C@]4(C)C3C(O)C[C@@]21C. The molecule has 13 heteroatoms. The molecule has 0 spiro atoms. The zero-order valence-electron chi connectivity index (χ0n) is 36.0. The second kappa shape index (κ2) is 14.5. The number of halogens is 1. The Morgan fingerprint density at radius 2 is 1.51 bits per heavy atom. The van der Waals surface area contributed by atoms with E-state index in [0.717, 1.165) is 12.0 Å². The van der Waals surface area contributed by atoms with E-state index in [1.54, 1.807) is 39.0 Å². The summed E-state index contributed by atoms with van der Waals surface area (Å²) in [6, 6.07) is -1.35. The fourth-order valence-corrected chi connectivity index (χ4v) is 15.0. The lowest BCUT2D eigenvalue weighted by Gasteiger charge is -2.62. The Balaban J connectivity index is 0.865. The second-order valence-corrected chi connectivity index (χ2v) is 20.9. The fraction of sp³-hybridized carbons (Fsp3) is 0.688. The van der Waals surface area contributed by atoms with Crippen LogP contribution in [0.4, 0.5) is 4.39 Å². The third kappa shape index (κ3) is 5.95. The number of allylic oxidation sites excluding steroid dienone is 8. The van der Waals surface area contributed by atoms with Gasteiger partial charge < -0.3 is 35.6 Å². The lowest BCUT2D eigenvalue weighted by Crippen LogP contribution is -2.69. The van der Waals surface area contributed by atoms with Crippen LogP contribution in [0, 0.1) is 57.2 Å². The average Bonchev–Trinajstić information content (AvgIpc) is 3.58. The molecule has 0 aromatic carbocycles. The number of ketones is 4. The van der Waals surface area contributed by atoms with Crippen molar-refractivity contribution in [1.82, 2.24) is 0 Å². The highest BCUT2D eigenvalue weighted by Gasteiger charge is 2.76. The molecule has 332 valence electrons. The van der Waals surface area contributed by atoms with E-state index in [9.17, 15) is 44.4 Å². The van der Waals surface area contributed by atoms with Gasteiger partial charge >= 0.3 is 5.97 Å². The molecule has 8 rings (SSSR count). The topological polar surface area (TPSA) is 211 Å². The van der Waals surface area contributed by atoms with Gasteiger partial charge in [0.2, 0.25) is 11.6 Å². The molecule has 6 fully saturated rings. The highest BCUT2D eigenvalue weighted by atomic mass is 19.1. The number of hydrogen-bond acceptors (Lipinski definition) is 12. The van der Waals surface area contributed by atoms with Crippen molar-refractivity contribution < 1.29 is 58.3 Å². The standard InChI is InChI=1S/C48H62FNO11/c1-25-17-34-33-10-8-28-20-30(52)12-15-43(28,4)47(33,49)37(54)22-45(34,6)48(25,59)39(56)24-61-41(57)35(50)18-26(2)60-23-38(55)46(58)16-13-32-31-9-7-27-19-29(51)11-14-42(27,3)40(31)36(53)21-44(32,46)5/h11-12,14-15,19-20,25,31-37,40,53-54,58-59H,2,7-10,13,16-18,21-24,50H2,1,3-6H3/t25-,31?,32?,33?,34?,35-,36?,37+,40?,42+,43+,44+,45+,46+,47+,48+/m1/s1. The van der Waals surface area contributed by atoms with Crippen LogP contribution in [0.1, 0.15) is 98.8 Å². The number of alkyl halides is 1. The first kappa shape index (κ1) is 44.0. The van der Waals surface area contributed by atoms with Crippen LogP contribution in [0.2, 0.25) is 0 Å². The van der Waals surface area contributed by atoms with Gasteiger partial charge in [0.25, 0.3) is 0 Å². The predicted octanol–water partition coefficient (Wildman–Crippen LogP) is 4.27. The van der Waals surface area contributed by atoms with E-state index < -0.39 is 105 Å². The first-order valence-corrected chi connectivity index (χ1v) is 22.1. The van der Waals surface area contributed by atoms with Crippen LogP contribution < -0.4 is 5.73 Å². The molecule has 12 nitrogen and oxygen atoms in total. The van der Waals surface area contributed by atoms with Crippen LogP contribution in [-0.4, -0.2) is 97.9 Å². The van der Waals surface area contributed by atoms with Gasteiger partial charge in [0.05, 0.1) is 18.0 Å². The lowest BCUT2D eigenvalue weighted by atomic mass is 9.44. The number of rotatable bonds is 10. The smallest absolute Gasteiger partial charge is 0.323 e. The number of hydrogen-bond donors (Lipinski definition) is 5. The number of carbonyl (C=O) groups excluding carboxylic acids is 5. The van der Waals surface area contributed by atoms with Gasteiger partial charge in [-0.05, 0) is 113 Å². The summed E-state index contributed by atoms with van der Waals surface area (Å²) >= 11 is 0.